The van der Waals surface area contributed by atoms with E-state index < -0.39 is 48.3 Å². The van der Waals surface area contributed by atoms with Crippen molar-refractivity contribution in [1.82, 2.24) is 14.5 Å². The van der Waals surface area contributed by atoms with E-state index in [2.05, 4.69) is 54.6 Å². The van der Waals surface area contributed by atoms with E-state index in [4.69, 9.17) is 20.9 Å². The molecule has 0 fully saturated rings. The SMILES string of the molecule is [2H]c1c([2H])c([2H])c2c(c1[2H])c1c([2H])c([2H])c([2H])c([2H])c1n2-c1nc(-c2ccc(-c3cccc(-c4cccc5cccc(-c6ccc(F)cc6)c45)c3)c3ccccc23)c2ccccc2n1. The van der Waals surface area contributed by atoms with Crippen molar-refractivity contribution in [2.24, 2.45) is 0 Å². The number of halogens is 1. The van der Waals surface area contributed by atoms with E-state index in [9.17, 15) is 4.39 Å². The highest BCUT2D eigenvalue weighted by molar-refractivity contribution is 6.11. The molecule has 4 heteroatoms. The van der Waals surface area contributed by atoms with Crippen LogP contribution in [0.25, 0.3) is 105 Å². The summed E-state index contributed by atoms with van der Waals surface area (Å²) < 4.78 is 85.4. The Morgan fingerprint density at radius 3 is 1.73 bits per heavy atom. The first-order valence-electron chi connectivity index (χ1n) is 22.2. The minimum Gasteiger partial charge on any atom is -0.278 e. The van der Waals surface area contributed by atoms with Crippen molar-refractivity contribution in [1.29, 1.82) is 0 Å². The Labute approximate surface area is 333 Å². The molecule has 0 N–H and O–H groups in total. The third-order valence-corrected chi connectivity index (χ3v) is 10.5. The average molecular weight is 726 g/mol. The Balaban J connectivity index is 1.13. The summed E-state index contributed by atoms with van der Waals surface area (Å²) in [6.45, 7) is 0. The molecule has 2 aromatic heterocycles. The van der Waals surface area contributed by atoms with Crippen LogP contribution in [0.15, 0.2) is 194 Å². The van der Waals surface area contributed by atoms with Gasteiger partial charge in [-0.3, -0.25) is 4.57 Å². The molecule has 56 heavy (non-hydrogen) atoms. The molecular weight excluding hydrogens is 686 g/mol. The molecular formula is C52H32FN3. The molecule has 9 aromatic carbocycles. The highest BCUT2D eigenvalue weighted by atomic mass is 19.1. The largest absolute Gasteiger partial charge is 0.278 e. The fourth-order valence-electron chi connectivity index (χ4n) is 8.05. The Kier molecular flexibility index (Phi) is 5.70. The van der Waals surface area contributed by atoms with Gasteiger partial charge >= 0.3 is 0 Å². The molecule has 0 radical (unpaired) electrons. The predicted octanol–water partition coefficient (Wildman–Crippen LogP) is 13.8. The maximum absolute atomic E-state index is 14.0. The third-order valence-electron chi connectivity index (χ3n) is 10.5. The first-order chi connectivity index (χ1) is 31.0. The average Bonchev–Trinajstić information content (AvgIpc) is 3.70. The van der Waals surface area contributed by atoms with Gasteiger partial charge in [0.05, 0.1) is 33.2 Å². The highest BCUT2D eigenvalue weighted by Gasteiger charge is 2.19. The number of fused-ring (bicyclic) bond motifs is 6. The van der Waals surface area contributed by atoms with Crippen molar-refractivity contribution in [2.45, 2.75) is 0 Å². The van der Waals surface area contributed by atoms with Gasteiger partial charge in [-0.1, -0.05) is 158 Å². The minimum absolute atomic E-state index is 0.0142. The fraction of sp³-hybridized carbons (Fsp3) is 0. The fourth-order valence-corrected chi connectivity index (χ4v) is 8.05. The molecule has 0 amide bonds. The van der Waals surface area contributed by atoms with Crippen molar-refractivity contribution in [3.05, 3.63) is 200 Å². The molecule has 0 spiro atoms. The van der Waals surface area contributed by atoms with E-state index in [1.54, 1.807) is 12.1 Å². The van der Waals surface area contributed by atoms with E-state index in [0.717, 1.165) is 60.5 Å². The summed E-state index contributed by atoms with van der Waals surface area (Å²) in [6, 6.07) is 43.2. The smallest absolute Gasteiger partial charge is 0.235 e. The zero-order valence-electron chi connectivity index (χ0n) is 37.6. The van der Waals surface area contributed by atoms with Gasteiger partial charge < -0.3 is 0 Å². The van der Waals surface area contributed by atoms with Crippen molar-refractivity contribution in [3.8, 4) is 50.6 Å². The molecule has 262 valence electrons. The Bertz CT molecular complexity index is 3710. The lowest BCUT2D eigenvalue weighted by atomic mass is 9.89. The molecule has 11 aromatic rings. The summed E-state index contributed by atoms with van der Waals surface area (Å²) in [5.41, 5.74) is 7.66. The molecule has 0 bridgehead atoms. The van der Waals surface area contributed by atoms with Crippen molar-refractivity contribution >= 4 is 54.3 Å². The van der Waals surface area contributed by atoms with E-state index >= 15 is 0 Å². The van der Waals surface area contributed by atoms with Crippen molar-refractivity contribution in [3.63, 3.8) is 0 Å². The summed E-state index contributed by atoms with van der Waals surface area (Å²) in [6.07, 6.45) is 0. The molecule has 0 unspecified atom stereocenters. The zero-order valence-corrected chi connectivity index (χ0v) is 29.6. The Morgan fingerprint density at radius 1 is 0.446 bits per heavy atom. The second kappa shape index (κ2) is 12.9. The van der Waals surface area contributed by atoms with Crippen LogP contribution in [0.2, 0.25) is 0 Å². The second-order valence-electron chi connectivity index (χ2n) is 13.7. The first kappa shape index (κ1) is 24.8. The summed E-state index contributed by atoms with van der Waals surface area (Å²) in [7, 11) is 0. The van der Waals surface area contributed by atoms with Gasteiger partial charge in [-0.15, -0.1) is 0 Å². The number of hydrogen-bond acceptors (Lipinski definition) is 2. The van der Waals surface area contributed by atoms with E-state index in [-0.39, 0.29) is 33.6 Å². The maximum atomic E-state index is 14.0. The lowest BCUT2D eigenvalue weighted by Gasteiger charge is -2.16. The summed E-state index contributed by atoms with van der Waals surface area (Å²) in [5, 5.41) is 4.59. The van der Waals surface area contributed by atoms with E-state index in [1.807, 2.05) is 66.7 Å². The number of benzene rings is 9. The van der Waals surface area contributed by atoms with Crippen LogP contribution >= 0.6 is 0 Å². The van der Waals surface area contributed by atoms with Crippen LogP contribution in [0.3, 0.4) is 0 Å². The maximum Gasteiger partial charge on any atom is 0.235 e. The first-order valence-corrected chi connectivity index (χ1v) is 18.2. The molecule has 0 aliphatic heterocycles. The predicted molar refractivity (Wildman–Crippen MR) is 231 cm³/mol. The molecule has 2 heterocycles. The second-order valence-corrected chi connectivity index (χ2v) is 13.7. The summed E-state index contributed by atoms with van der Waals surface area (Å²) >= 11 is 0. The van der Waals surface area contributed by atoms with E-state index in [1.165, 1.54) is 16.7 Å². The summed E-state index contributed by atoms with van der Waals surface area (Å²) in [5.74, 6) is -0.303. The van der Waals surface area contributed by atoms with E-state index in [0.29, 0.717) is 16.6 Å². The monoisotopic (exact) mass is 725 g/mol. The molecule has 11 rings (SSSR count). The normalized spacial score (nSPS) is 13.7. The van der Waals surface area contributed by atoms with Gasteiger partial charge in [0.25, 0.3) is 0 Å². The lowest BCUT2D eigenvalue weighted by molar-refractivity contribution is 0.628. The van der Waals surface area contributed by atoms with Gasteiger partial charge in [0.1, 0.15) is 5.82 Å². The summed E-state index contributed by atoms with van der Waals surface area (Å²) in [4.78, 5) is 10.1. The van der Waals surface area contributed by atoms with Gasteiger partial charge in [0.15, 0.2) is 0 Å². The van der Waals surface area contributed by atoms with Crippen LogP contribution in [0.1, 0.15) is 11.0 Å². The quantitative estimate of drug-likeness (QED) is 0.177. The van der Waals surface area contributed by atoms with Gasteiger partial charge in [-0.2, -0.15) is 0 Å². The molecule has 0 saturated carbocycles. The van der Waals surface area contributed by atoms with Crippen LogP contribution in [-0.2, 0) is 0 Å². The molecule has 0 atom stereocenters. The van der Waals surface area contributed by atoms with Gasteiger partial charge in [-0.05, 0) is 91.3 Å². The standard InChI is InChI=1S/C52H32FN3/c53-37-28-26-33(27-29-37)39-21-10-12-34-13-11-22-40(50(34)39)36-15-9-14-35(32-36)38-30-31-45(42-17-2-1-16-41(38)42)51-46-20-3-6-23-47(46)54-52(55-51)56-48-24-7-4-18-43(48)44-19-5-8-25-49(44)56/h1-32H/i4D,5D,7D,8D,18D,19D,24D,25D. The number of rotatable bonds is 5. The minimum atomic E-state index is -0.520. The molecule has 0 aliphatic carbocycles. The lowest BCUT2D eigenvalue weighted by Crippen LogP contribution is -2.03. The van der Waals surface area contributed by atoms with Crippen LogP contribution in [0.4, 0.5) is 4.39 Å². The van der Waals surface area contributed by atoms with Crippen molar-refractivity contribution < 1.29 is 15.4 Å². The highest BCUT2D eigenvalue weighted by Crippen LogP contribution is 2.41. The van der Waals surface area contributed by atoms with Gasteiger partial charge in [-0.25, -0.2) is 14.4 Å². The van der Waals surface area contributed by atoms with Crippen LogP contribution in [0, 0.1) is 5.82 Å². The van der Waals surface area contributed by atoms with Crippen LogP contribution < -0.4 is 0 Å². The molecule has 0 saturated heterocycles. The van der Waals surface area contributed by atoms with Crippen LogP contribution in [-0.4, -0.2) is 14.5 Å². The number of para-hydroxylation sites is 3. The van der Waals surface area contributed by atoms with Crippen LogP contribution in [0.5, 0.6) is 0 Å². The topological polar surface area (TPSA) is 30.7 Å². The number of aromatic nitrogens is 3. The number of hydrogen-bond donors (Lipinski definition) is 0. The molecule has 3 nitrogen and oxygen atoms in total. The third kappa shape index (κ3) is 5.11. The Hall–Kier alpha value is -7.43. The Morgan fingerprint density at radius 2 is 1.02 bits per heavy atom. The molecule has 0 aliphatic rings. The zero-order chi connectivity index (χ0) is 44.1. The van der Waals surface area contributed by atoms with Gasteiger partial charge in [0, 0.05) is 21.7 Å². The number of nitrogens with zero attached hydrogens (tertiary/aromatic N) is 3. The van der Waals surface area contributed by atoms with Gasteiger partial charge in [0.2, 0.25) is 5.95 Å². The van der Waals surface area contributed by atoms with Crippen molar-refractivity contribution in [2.75, 3.05) is 0 Å².